The van der Waals surface area contributed by atoms with Crippen molar-refractivity contribution in [2.75, 3.05) is 49.1 Å². The fraction of sp³-hybridized carbons (Fsp3) is 0.520. The molecule has 3 heterocycles. The zero-order valence-corrected chi connectivity index (χ0v) is 18.7. The van der Waals surface area contributed by atoms with Crippen LogP contribution in [0.3, 0.4) is 0 Å². The summed E-state index contributed by atoms with van der Waals surface area (Å²) in [7, 11) is 0. The van der Waals surface area contributed by atoms with Crippen LogP contribution in [0.5, 0.6) is 0 Å². The van der Waals surface area contributed by atoms with Crippen molar-refractivity contribution in [3.05, 3.63) is 53.7 Å². The fourth-order valence-corrected chi connectivity index (χ4v) is 4.57. The number of aliphatic hydroxyl groups excluding tert-OH is 1. The Labute approximate surface area is 185 Å². The number of aliphatic hydroxyl groups is 1. The highest BCUT2D eigenvalue weighted by atomic mass is 16.3. The number of fused-ring (bicyclic) bond motifs is 1. The third-order valence-corrected chi connectivity index (χ3v) is 6.68. The molecule has 1 fully saturated rings. The first-order valence-corrected chi connectivity index (χ1v) is 11.6. The molecule has 0 saturated carbocycles. The Balaban J connectivity index is 1.37. The molecule has 1 aromatic carbocycles. The summed E-state index contributed by atoms with van der Waals surface area (Å²) in [5.74, 6) is 1.28. The van der Waals surface area contributed by atoms with Crippen molar-refractivity contribution >= 4 is 17.4 Å². The third kappa shape index (κ3) is 4.91. The average Bonchev–Trinajstić information content (AvgIpc) is 3.09. The number of β-amino-alcohol motifs (C(OH)–C–C–N with tert-alkyl or cyclic N) is 1. The second-order valence-corrected chi connectivity index (χ2v) is 8.78. The van der Waals surface area contributed by atoms with Gasteiger partial charge in [0, 0.05) is 57.1 Å². The maximum atomic E-state index is 12.6. The molecule has 2 aliphatic rings. The van der Waals surface area contributed by atoms with Crippen LogP contribution in [0, 0.1) is 5.92 Å². The summed E-state index contributed by atoms with van der Waals surface area (Å²) >= 11 is 0. The van der Waals surface area contributed by atoms with Gasteiger partial charge in [-0.1, -0.05) is 32.0 Å². The SMILES string of the molecule is CC[C@H](C)C(=O)N1CCc2cc([C@H](O)CN3CCCN(c4ccccn4)CC3)ccc21. The highest BCUT2D eigenvalue weighted by Gasteiger charge is 2.28. The van der Waals surface area contributed by atoms with E-state index in [0.717, 1.165) is 69.1 Å². The molecule has 166 valence electrons. The molecule has 6 heteroatoms. The molecule has 1 aromatic heterocycles. The Kier molecular flexibility index (Phi) is 6.88. The van der Waals surface area contributed by atoms with Crippen LogP contribution in [0.25, 0.3) is 0 Å². The summed E-state index contributed by atoms with van der Waals surface area (Å²) in [6, 6.07) is 12.1. The molecule has 0 bridgehead atoms. The topological polar surface area (TPSA) is 59.9 Å². The summed E-state index contributed by atoms with van der Waals surface area (Å²) in [6.07, 6.45) is 4.09. The zero-order valence-electron chi connectivity index (χ0n) is 18.7. The van der Waals surface area contributed by atoms with Crippen molar-refractivity contribution in [1.82, 2.24) is 9.88 Å². The summed E-state index contributed by atoms with van der Waals surface area (Å²) in [4.78, 5) is 23.7. The number of hydrogen-bond donors (Lipinski definition) is 1. The van der Waals surface area contributed by atoms with Crippen molar-refractivity contribution < 1.29 is 9.90 Å². The summed E-state index contributed by atoms with van der Waals surface area (Å²) in [5.41, 5.74) is 3.13. The number of carbonyl (C=O) groups is 1. The van der Waals surface area contributed by atoms with Gasteiger partial charge in [0.05, 0.1) is 6.10 Å². The van der Waals surface area contributed by atoms with E-state index in [4.69, 9.17) is 0 Å². The van der Waals surface area contributed by atoms with Crippen LogP contribution in [-0.4, -0.2) is 60.2 Å². The van der Waals surface area contributed by atoms with Gasteiger partial charge in [0.2, 0.25) is 5.91 Å². The molecular weight excluding hydrogens is 388 g/mol. The van der Waals surface area contributed by atoms with Gasteiger partial charge in [0.1, 0.15) is 5.82 Å². The van der Waals surface area contributed by atoms with Crippen molar-refractivity contribution in [1.29, 1.82) is 0 Å². The van der Waals surface area contributed by atoms with Gasteiger partial charge in [-0.05, 0) is 48.6 Å². The second-order valence-electron chi connectivity index (χ2n) is 8.78. The molecule has 2 aliphatic heterocycles. The number of aromatic nitrogens is 1. The number of anilines is 2. The van der Waals surface area contributed by atoms with Gasteiger partial charge in [-0.25, -0.2) is 4.98 Å². The highest BCUT2D eigenvalue weighted by Crippen LogP contribution is 2.32. The van der Waals surface area contributed by atoms with E-state index in [1.165, 1.54) is 5.56 Å². The smallest absolute Gasteiger partial charge is 0.229 e. The van der Waals surface area contributed by atoms with Gasteiger partial charge in [-0.15, -0.1) is 0 Å². The van der Waals surface area contributed by atoms with Crippen molar-refractivity contribution in [2.24, 2.45) is 5.92 Å². The first-order chi connectivity index (χ1) is 15.1. The van der Waals surface area contributed by atoms with Gasteiger partial charge in [-0.2, -0.15) is 0 Å². The summed E-state index contributed by atoms with van der Waals surface area (Å²) in [5, 5.41) is 10.9. The maximum Gasteiger partial charge on any atom is 0.229 e. The lowest BCUT2D eigenvalue weighted by Crippen LogP contribution is -2.34. The van der Waals surface area contributed by atoms with E-state index in [1.807, 2.05) is 42.3 Å². The van der Waals surface area contributed by atoms with E-state index in [0.29, 0.717) is 6.54 Å². The van der Waals surface area contributed by atoms with E-state index in [1.54, 1.807) is 0 Å². The van der Waals surface area contributed by atoms with E-state index >= 15 is 0 Å². The van der Waals surface area contributed by atoms with E-state index in [2.05, 4.69) is 33.8 Å². The van der Waals surface area contributed by atoms with E-state index < -0.39 is 6.10 Å². The molecule has 6 nitrogen and oxygen atoms in total. The molecule has 1 saturated heterocycles. The number of carbonyl (C=O) groups excluding carboxylic acids is 1. The minimum absolute atomic E-state index is 0.0462. The van der Waals surface area contributed by atoms with Crippen LogP contribution in [0.1, 0.15) is 43.9 Å². The second kappa shape index (κ2) is 9.79. The van der Waals surface area contributed by atoms with Gasteiger partial charge >= 0.3 is 0 Å². The fourth-order valence-electron chi connectivity index (χ4n) is 4.57. The zero-order chi connectivity index (χ0) is 21.8. The lowest BCUT2D eigenvalue weighted by Gasteiger charge is -2.25. The lowest BCUT2D eigenvalue weighted by molar-refractivity contribution is -0.121. The minimum atomic E-state index is -0.522. The Morgan fingerprint density at radius 2 is 2.00 bits per heavy atom. The van der Waals surface area contributed by atoms with Crippen molar-refractivity contribution in [3.8, 4) is 0 Å². The van der Waals surface area contributed by atoms with Gasteiger partial charge in [0.15, 0.2) is 0 Å². The largest absolute Gasteiger partial charge is 0.387 e. The third-order valence-electron chi connectivity index (χ3n) is 6.68. The summed E-state index contributed by atoms with van der Waals surface area (Å²) in [6.45, 7) is 9.21. The predicted octanol–water partition coefficient (Wildman–Crippen LogP) is 3.26. The first kappa shape index (κ1) is 21.8. The van der Waals surface area contributed by atoms with Crippen molar-refractivity contribution in [3.63, 3.8) is 0 Å². The molecular formula is C25H34N4O2. The van der Waals surface area contributed by atoms with Crippen LogP contribution < -0.4 is 9.80 Å². The average molecular weight is 423 g/mol. The number of benzene rings is 1. The molecule has 0 unspecified atom stereocenters. The van der Waals surface area contributed by atoms with Gasteiger partial charge in [-0.3, -0.25) is 9.69 Å². The molecule has 1 amide bonds. The number of pyridine rings is 1. The van der Waals surface area contributed by atoms with Crippen LogP contribution in [0.2, 0.25) is 0 Å². The number of nitrogens with zero attached hydrogens (tertiary/aromatic N) is 4. The highest BCUT2D eigenvalue weighted by molar-refractivity contribution is 5.96. The molecule has 2 atom stereocenters. The Morgan fingerprint density at radius 3 is 2.77 bits per heavy atom. The van der Waals surface area contributed by atoms with E-state index in [-0.39, 0.29) is 11.8 Å². The van der Waals surface area contributed by atoms with Crippen molar-refractivity contribution in [2.45, 2.75) is 39.2 Å². The normalized spacial score (nSPS) is 19.1. The standard InChI is InChI=1S/C25H34N4O2/c1-3-19(2)25(31)29-14-10-20-17-21(8-9-22(20)29)23(30)18-27-12-6-13-28(16-15-27)24-7-4-5-11-26-24/h4-5,7-9,11,17,19,23,30H,3,6,10,12-16,18H2,1-2H3/t19-,23+/m0/s1. The van der Waals surface area contributed by atoms with E-state index in [9.17, 15) is 9.90 Å². The number of rotatable bonds is 6. The molecule has 31 heavy (non-hydrogen) atoms. The molecule has 0 spiro atoms. The molecule has 1 N–H and O–H groups in total. The van der Waals surface area contributed by atoms with Crippen LogP contribution >= 0.6 is 0 Å². The Hall–Kier alpha value is -2.44. The molecule has 0 radical (unpaired) electrons. The van der Waals surface area contributed by atoms with Crippen LogP contribution in [0.15, 0.2) is 42.6 Å². The van der Waals surface area contributed by atoms with Crippen LogP contribution in [-0.2, 0) is 11.2 Å². The lowest BCUT2D eigenvalue weighted by atomic mass is 10.0. The Morgan fingerprint density at radius 1 is 1.13 bits per heavy atom. The number of amides is 1. The quantitative estimate of drug-likeness (QED) is 0.774. The Bertz CT molecular complexity index is 888. The predicted molar refractivity (Wildman–Crippen MR) is 124 cm³/mol. The molecule has 0 aliphatic carbocycles. The monoisotopic (exact) mass is 422 g/mol. The van der Waals surface area contributed by atoms with Gasteiger partial charge in [0.25, 0.3) is 0 Å². The molecule has 2 aromatic rings. The number of hydrogen-bond acceptors (Lipinski definition) is 5. The van der Waals surface area contributed by atoms with Crippen LogP contribution in [0.4, 0.5) is 11.5 Å². The summed E-state index contributed by atoms with van der Waals surface area (Å²) < 4.78 is 0. The minimum Gasteiger partial charge on any atom is -0.387 e. The first-order valence-electron chi connectivity index (χ1n) is 11.6. The molecule has 4 rings (SSSR count). The van der Waals surface area contributed by atoms with Gasteiger partial charge < -0.3 is 14.9 Å². The maximum absolute atomic E-state index is 12.6.